The average molecular weight is 234 g/mol. The van der Waals surface area contributed by atoms with Crippen LogP contribution in [0.1, 0.15) is 5.48 Å². The lowest BCUT2D eigenvalue weighted by atomic mass is 10.7. The van der Waals surface area contributed by atoms with Crippen LogP contribution < -0.4 is 0 Å². The molecule has 56 valence electrons. The van der Waals surface area contributed by atoms with E-state index in [0.29, 0.717) is 0 Å². The van der Waals surface area contributed by atoms with Crippen molar-refractivity contribution in [3.05, 3.63) is 28.5 Å². The van der Waals surface area contributed by atoms with Crippen LogP contribution in [0.3, 0.4) is 0 Å². The first-order valence-corrected chi connectivity index (χ1v) is 4.27. The van der Waals surface area contributed by atoms with Crippen LogP contribution >= 0.6 is 27.3 Å². The van der Waals surface area contributed by atoms with Crippen LogP contribution in [0.15, 0.2) is 28.5 Å². The fourth-order valence-corrected chi connectivity index (χ4v) is 1.27. The molecule has 0 aromatic carbocycles. The normalized spacial score (nSPS) is 15.4. The molecule has 0 saturated heterocycles. The summed E-state index contributed by atoms with van der Waals surface area (Å²) in [7, 11) is 0. The Morgan fingerprint density at radius 2 is 2.64 bits per heavy atom. The lowest BCUT2D eigenvalue weighted by Gasteiger charge is -1.90. The Morgan fingerprint density at radius 1 is 1.73 bits per heavy atom. The van der Waals surface area contributed by atoms with Crippen LogP contribution in [0.4, 0.5) is 0 Å². The summed E-state index contributed by atoms with van der Waals surface area (Å²) in [4.78, 5) is 3.60. The number of rotatable bonds is 1. The highest BCUT2D eigenvalue weighted by Crippen LogP contribution is 2.13. The maximum Gasteiger partial charge on any atom is 0.137 e. The van der Waals surface area contributed by atoms with Crippen molar-refractivity contribution in [2.24, 2.45) is 0 Å². The summed E-state index contributed by atoms with van der Waals surface area (Å²) in [6.45, 7) is 0. The minimum absolute atomic E-state index is 0.00690. The second-order valence-corrected chi connectivity index (χ2v) is 3.19. The molecule has 3 nitrogen and oxygen atoms in total. The van der Waals surface area contributed by atoms with E-state index in [1.807, 2.05) is 0 Å². The second kappa shape index (κ2) is 2.75. The molecule has 0 aliphatic rings. The van der Waals surface area contributed by atoms with Crippen molar-refractivity contribution in [2.75, 3.05) is 0 Å². The van der Waals surface area contributed by atoms with Gasteiger partial charge in [0.25, 0.3) is 0 Å². The SMILES string of the molecule is [2H]c1nc([2H])c(-n2nc(Br)c([2H])c2[2H])s1. The van der Waals surface area contributed by atoms with Gasteiger partial charge in [-0.15, -0.1) is 11.3 Å². The average Bonchev–Trinajstić information content (AvgIpc) is 2.61. The summed E-state index contributed by atoms with van der Waals surface area (Å²) in [5.74, 6) is 0. The topological polar surface area (TPSA) is 30.7 Å². The van der Waals surface area contributed by atoms with Crippen LogP contribution in [0.5, 0.6) is 0 Å². The Kier molecular flexibility index (Phi) is 0.954. The molecule has 0 spiro atoms. The highest BCUT2D eigenvalue weighted by atomic mass is 79.9. The zero-order valence-electron chi connectivity index (χ0n) is 9.13. The van der Waals surface area contributed by atoms with Gasteiger partial charge in [-0.1, -0.05) is 0 Å². The van der Waals surface area contributed by atoms with E-state index in [4.69, 9.17) is 5.48 Å². The number of nitrogens with zero attached hydrogens (tertiary/aromatic N) is 3. The molecule has 0 saturated carbocycles. The molecule has 0 unspecified atom stereocenters. The lowest BCUT2D eigenvalue weighted by molar-refractivity contribution is 0.884. The minimum atomic E-state index is -0.126. The van der Waals surface area contributed by atoms with Crippen LogP contribution in [0, 0.1) is 0 Å². The lowest BCUT2D eigenvalue weighted by Crippen LogP contribution is -1.89. The van der Waals surface area contributed by atoms with Gasteiger partial charge in [0.15, 0.2) is 0 Å². The first-order valence-electron chi connectivity index (χ1n) is 4.67. The molecule has 0 bridgehead atoms. The number of hydrogen-bond acceptors (Lipinski definition) is 3. The first kappa shape index (κ1) is 3.82. The van der Waals surface area contributed by atoms with Crippen LogP contribution in [0.25, 0.3) is 5.00 Å². The Labute approximate surface area is 81.4 Å². The Morgan fingerprint density at radius 3 is 3.18 bits per heavy atom. The fourth-order valence-electron chi connectivity index (χ4n) is 0.583. The molecule has 2 aromatic heterocycles. The van der Waals surface area contributed by atoms with E-state index in [9.17, 15) is 0 Å². The van der Waals surface area contributed by atoms with Crippen LogP contribution in [-0.2, 0) is 0 Å². The molecule has 0 radical (unpaired) electrons. The first-order chi connectivity index (χ1) is 7.00. The number of aromatic nitrogens is 3. The maximum atomic E-state index is 7.58. The summed E-state index contributed by atoms with van der Waals surface area (Å²) in [6.07, 6.45) is -0.229. The largest absolute Gasteiger partial charge is 0.251 e. The van der Waals surface area contributed by atoms with E-state index < -0.39 is 0 Å². The van der Waals surface area contributed by atoms with Crippen molar-refractivity contribution in [1.29, 1.82) is 0 Å². The van der Waals surface area contributed by atoms with Crippen molar-refractivity contribution in [2.45, 2.75) is 0 Å². The van der Waals surface area contributed by atoms with Gasteiger partial charge < -0.3 is 0 Å². The van der Waals surface area contributed by atoms with Gasteiger partial charge in [-0.05, 0) is 22.0 Å². The molecule has 0 atom stereocenters. The third kappa shape index (κ3) is 1.34. The maximum absolute atomic E-state index is 7.58. The fraction of sp³-hybridized carbons (Fsp3) is 0. The Bertz CT molecular complexity index is 523. The highest BCUT2D eigenvalue weighted by molar-refractivity contribution is 9.10. The van der Waals surface area contributed by atoms with Crippen molar-refractivity contribution >= 4 is 27.3 Å². The van der Waals surface area contributed by atoms with Crippen molar-refractivity contribution in [1.82, 2.24) is 14.8 Å². The molecule has 2 rings (SSSR count). The summed E-state index contributed by atoms with van der Waals surface area (Å²) in [5.41, 5.74) is -0.00690. The third-order valence-electron chi connectivity index (χ3n) is 0.985. The van der Waals surface area contributed by atoms with E-state index >= 15 is 0 Å². The Hall–Kier alpha value is -0.680. The predicted molar refractivity (Wildman–Crippen MR) is 46.9 cm³/mol. The standard InChI is InChI=1S/C6H4BrN3S/c7-5-1-2-10(9-5)6-3-8-4-11-6/h1-4H/i1D,2D,3D,4D. The van der Waals surface area contributed by atoms with Crippen molar-refractivity contribution in [3.63, 3.8) is 0 Å². The predicted octanol–water partition coefficient (Wildman–Crippen LogP) is 2.09. The van der Waals surface area contributed by atoms with E-state index in [1.54, 1.807) is 0 Å². The zero-order valence-corrected chi connectivity index (χ0v) is 7.53. The molecule has 0 aliphatic carbocycles. The molecule has 0 aliphatic heterocycles. The quantitative estimate of drug-likeness (QED) is 0.756. The summed E-state index contributed by atoms with van der Waals surface area (Å²) >= 11 is 3.98. The van der Waals surface area contributed by atoms with E-state index in [1.165, 1.54) is 0 Å². The van der Waals surface area contributed by atoms with Gasteiger partial charge in [-0.25, -0.2) is 4.68 Å². The van der Waals surface area contributed by atoms with Gasteiger partial charge in [0.05, 0.1) is 17.1 Å². The number of thiazole rings is 1. The molecule has 0 fully saturated rings. The molecular weight excluding hydrogens is 226 g/mol. The zero-order chi connectivity index (χ0) is 11.2. The smallest absolute Gasteiger partial charge is 0.137 e. The van der Waals surface area contributed by atoms with E-state index in [2.05, 4.69) is 26.0 Å². The third-order valence-corrected chi connectivity index (χ3v) is 1.98. The monoisotopic (exact) mass is 233 g/mol. The van der Waals surface area contributed by atoms with Gasteiger partial charge >= 0.3 is 0 Å². The van der Waals surface area contributed by atoms with Crippen molar-refractivity contribution < 1.29 is 5.48 Å². The molecule has 5 heteroatoms. The number of halogens is 1. The summed E-state index contributed by atoms with van der Waals surface area (Å²) < 4.78 is 31.1. The van der Waals surface area contributed by atoms with Gasteiger partial charge in [-0.3, -0.25) is 4.98 Å². The molecule has 0 amide bonds. The Balaban J connectivity index is 2.64. The number of hydrogen-bond donors (Lipinski definition) is 0. The van der Waals surface area contributed by atoms with Crippen LogP contribution in [0.2, 0.25) is 0 Å². The van der Waals surface area contributed by atoms with Gasteiger partial charge in [-0.2, -0.15) is 5.10 Å². The molecule has 0 N–H and O–H groups in total. The minimum Gasteiger partial charge on any atom is -0.251 e. The molecular formula is C6H4BrN3S. The van der Waals surface area contributed by atoms with E-state index in [-0.39, 0.29) is 33.5 Å². The van der Waals surface area contributed by atoms with Crippen LogP contribution in [-0.4, -0.2) is 14.8 Å². The highest BCUT2D eigenvalue weighted by Gasteiger charge is 1.98. The van der Waals surface area contributed by atoms with Gasteiger partial charge in [0.2, 0.25) is 0 Å². The van der Waals surface area contributed by atoms with E-state index in [0.717, 1.165) is 16.0 Å². The van der Waals surface area contributed by atoms with Gasteiger partial charge in [0, 0.05) is 6.17 Å². The summed E-state index contributed by atoms with van der Waals surface area (Å²) in [5, 5.41) is 4.16. The second-order valence-electron chi connectivity index (χ2n) is 1.66. The molecule has 2 heterocycles. The molecule has 11 heavy (non-hydrogen) atoms. The summed E-state index contributed by atoms with van der Waals surface area (Å²) in [6, 6.07) is -0.0469. The van der Waals surface area contributed by atoms with Gasteiger partial charge in [0.1, 0.15) is 9.60 Å². The molecule has 2 aromatic rings. The van der Waals surface area contributed by atoms with Crippen molar-refractivity contribution in [3.8, 4) is 5.00 Å².